The first-order valence-electron chi connectivity index (χ1n) is 8.26. The van der Waals surface area contributed by atoms with Gasteiger partial charge in [-0.3, -0.25) is 19.2 Å². The summed E-state index contributed by atoms with van der Waals surface area (Å²) in [5.41, 5.74) is 7.60. The average Bonchev–Trinajstić information content (AvgIpc) is 2.79. The van der Waals surface area contributed by atoms with Crippen LogP contribution in [0.15, 0.2) is 24.3 Å². The molecule has 1 aromatic heterocycles. The second-order valence-electron chi connectivity index (χ2n) is 7.15. The molecular weight excluding hydrogens is 318 g/mol. The Hall–Kier alpha value is -2.67. The molecule has 2 heterocycles. The van der Waals surface area contributed by atoms with E-state index in [1.807, 2.05) is 26.0 Å². The van der Waals surface area contributed by atoms with E-state index in [9.17, 15) is 9.59 Å². The highest BCUT2D eigenvalue weighted by Crippen LogP contribution is 2.41. The van der Waals surface area contributed by atoms with Gasteiger partial charge in [0.05, 0.1) is 22.6 Å². The van der Waals surface area contributed by atoms with Crippen LogP contribution in [0.4, 0.5) is 17.1 Å². The standard InChI is InChI=1S/C18H23N5O2/c1-10(2)23-15-14(11(3)21-23)22(17(25)18(4,5)19)13-9-7-6-8-12(13)20-16(15)24/h6-10H,19H2,1-5H3,(H,20,24). The van der Waals surface area contributed by atoms with Gasteiger partial charge in [0.25, 0.3) is 11.8 Å². The minimum absolute atomic E-state index is 0.0303. The van der Waals surface area contributed by atoms with Crippen molar-refractivity contribution in [3.8, 4) is 0 Å². The SMILES string of the molecule is Cc1nn(C(C)C)c2c1N(C(=O)C(C)(C)N)c1ccccc1NC2=O. The molecule has 0 radical (unpaired) electrons. The highest BCUT2D eigenvalue weighted by atomic mass is 16.2. The molecule has 7 heteroatoms. The molecule has 0 saturated carbocycles. The Morgan fingerprint density at radius 2 is 1.92 bits per heavy atom. The van der Waals surface area contributed by atoms with E-state index < -0.39 is 5.54 Å². The molecule has 0 atom stereocenters. The maximum Gasteiger partial charge on any atom is 0.276 e. The van der Waals surface area contributed by atoms with Crippen molar-refractivity contribution in [1.82, 2.24) is 9.78 Å². The Labute approximate surface area is 146 Å². The quantitative estimate of drug-likeness (QED) is 0.878. The summed E-state index contributed by atoms with van der Waals surface area (Å²) in [5, 5.41) is 7.38. The smallest absolute Gasteiger partial charge is 0.276 e. The normalized spacial score (nSPS) is 14.0. The van der Waals surface area contributed by atoms with Crippen LogP contribution in [0.2, 0.25) is 0 Å². The van der Waals surface area contributed by atoms with Crippen LogP contribution in [0.3, 0.4) is 0 Å². The van der Waals surface area contributed by atoms with Gasteiger partial charge in [-0.15, -0.1) is 0 Å². The number of para-hydroxylation sites is 2. The lowest BCUT2D eigenvalue weighted by atomic mass is 10.0. The zero-order chi connectivity index (χ0) is 18.5. The van der Waals surface area contributed by atoms with E-state index in [-0.39, 0.29) is 17.9 Å². The van der Waals surface area contributed by atoms with E-state index >= 15 is 0 Å². The van der Waals surface area contributed by atoms with Crippen LogP contribution in [0.5, 0.6) is 0 Å². The third kappa shape index (κ3) is 2.70. The summed E-state index contributed by atoms with van der Waals surface area (Å²) in [4.78, 5) is 27.6. The molecular formula is C18H23N5O2. The molecule has 132 valence electrons. The molecule has 2 aromatic rings. The first-order chi connectivity index (χ1) is 11.6. The molecule has 0 aliphatic carbocycles. The van der Waals surface area contributed by atoms with Gasteiger partial charge in [0.1, 0.15) is 5.69 Å². The number of fused-ring (bicyclic) bond motifs is 2. The van der Waals surface area contributed by atoms with Crippen LogP contribution in [-0.4, -0.2) is 27.1 Å². The fourth-order valence-electron chi connectivity index (χ4n) is 2.97. The lowest BCUT2D eigenvalue weighted by Gasteiger charge is -2.29. The number of aryl methyl sites for hydroxylation is 1. The van der Waals surface area contributed by atoms with Gasteiger partial charge >= 0.3 is 0 Å². The van der Waals surface area contributed by atoms with E-state index in [4.69, 9.17) is 5.73 Å². The molecule has 0 saturated heterocycles. The van der Waals surface area contributed by atoms with Crippen LogP contribution < -0.4 is 16.0 Å². The third-order valence-corrected chi connectivity index (χ3v) is 4.13. The summed E-state index contributed by atoms with van der Waals surface area (Å²) in [6.45, 7) is 8.98. The Balaban J connectivity index is 2.36. The Morgan fingerprint density at radius 3 is 2.52 bits per heavy atom. The Bertz CT molecular complexity index is 861. The number of hydrogen-bond donors (Lipinski definition) is 2. The largest absolute Gasteiger partial charge is 0.319 e. The monoisotopic (exact) mass is 341 g/mol. The number of anilines is 3. The first kappa shape index (κ1) is 17.2. The van der Waals surface area contributed by atoms with E-state index in [2.05, 4.69) is 10.4 Å². The maximum absolute atomic E-state index is 13.2. The van der Waals surface area contributed by atoms with Crippen molar-refractivity contribution < 1.29 is 9.59 Å². The molecule has 2 amide bonds. The lowest BCUT2D eigenvalue weighted by Crippen LogP contribution is -2.49. The van der Waals surface area contributed by atoms with Gasteiger partial charge in [0, 0.05) is 6.04 Å². The van der Waals surface area contributed by atoms with Crippen LogP contribution in [0, 0.1) is 6.92 Å². The molecule has 3 rings (SSSR count). The number of hydrogen-bond acceptors (Lipinski definition) is 4. The van der Waals surface area contributed by atoms with Gasteiger partial charge in [-0.05, 0) is 46.8 Å². The number of carbonyl (C=O) groups excluding carboxylic acids is 2. The van der Waals surface area contributed by atoms with Crippen LogP contribution in [0.1, 0.15) is 49.9 Å². The van der Waals surface area contributed by atoms with Crippen molar-refractivity contribution in [3.05, 3.63) is 35.7 Å². The van der Waals surface area contributed by atoms with Crippen molar-refractivity contribution in [2.75, 3.05) is 10.2 Å². The molecule has 0 bridgehead atoms. The molecule has 3 N–H and O–H groups in total. The second-order valence-corrected chi connectivity index (χ2v) is 7.15. The maximum atomic E-state index is 13.2. The van der Waals surface area contributed by atoms with E-state index in [0.29, 0.717) is 28.5 Å². The number of rotatable bonds is 2. The van der Waals surface area contributed by atoms with Gasteiger partial charge in [-0.1, -0.05) is 12.1 Å². The summed E-state index contributed by atoms with van der Waals surface area (Å²) in [5.74, 6) is -0.592. The first-order valence-corrected chi connectivity index (χ1v) is 8.26. The van der Waals surface area contributed by atoms with E-state index in [0.717, 1.165) is 0 Å². The van der Waals surface area contributed by atoms with Gasteiger partial charge in [0.15, 0.2) is 5.69 Å². The summed E-state index contributed by atoms with van der Waals surface area (Å²) < 4.78 is 1.65. The number of nitrogens with one attached hydrogen (secondary N) is 1. The minimum atomic E-state index is -1.11. The Kier molecular flexibility index (Phi) is 3.91. The fraction of sp³-hybridized carbons (Fsp3) is 0.389. The number of amides is 2. The molecule has 1 aliphatic heterocycles. The summed E-state index contributed by atoms with van der Waals surface area (Å²) in [6, 6.07) is 7.16. The van der Waals surface area contributed by atoms with Crippen molar-refractivity contribution in [2.45, 2.75) is 46.2 Å². The molecule has 0 fully saturated rings. The highest BCUT2D eigenvalue weighted by Gasteiger charge is 2.39. The second kappa shape index (κ2) is 5.70. The van der Waals surface area contributed by atoms with E-state index in [1.165, 1.54) is 4.90 Å². The molecule has 7 nitrogen and oxygen atoms in total. The zero-order valence-electron chi connectivity index (χ0n) is 15.1. The third-order valence-electron chi connectivity index (χ3n) is 4.13. The van der Waals surface area contributed by atoms with Crippen molar-refractivity contribution >= 4 is 28.9 Å². The Morgan fingerprint density at radius 1 is 1.28 bits per heavy atom. The van der Waals surface area contributed by atoms with Crippen molar-refractivity contribution in [3.63, 3.8) is 0 Å². The topological polar surface area (TPSA) is 93.2 Å². The zero-order valence-corrected chi connectivity index (χ0v) is 15.1. The van der Waals surface area contributed by atoms with E-state index in [1.54, 1.807) is 37.6 Å². The van der Waals surface area contributed by atoms with Crippen LogP contribution in [-0.2, 0) is 4.79 Å². The lowest BCUT2D eigenvalue weighted by molar-refractivity contribution is -0.121. The predicted molar refractivity (Wildman–Crippen MR) is 97.2 cm³/mol. The minimum Gasteiger partial charge on any atom is -0.319 e. The molecule has 1 aromatic carbocycles. The number of nitrogens with zero attached hydrogens (tertiary/aromatic N) is 3. The summed E-state index contributed by atoms with van der Waals surface area (Å²) >= 11 is 0. The van der Waals surface area contributed by atoms with Gasteiger partial charge < -0.3 is 11.1 Å². The summed E-state index contributed by atoms with van der Waals surface area (Å²) in [6.07, 6.45) is 0. The summed E-state index contributed by atoms with van der Waals surface area (Å²) in [7, 11) is 0. The molecule has 1 aliphatic rings. The number of benzene rings is 1. The van der Waals surface area contributed by atoms with Crippen molar-refractivity contribution in [1.29, 1.82) is 0 Å². The molecule has 0 spiro atoms. The number of aromatic nitrogens is 2. The number of carbonyl (C=O) groups is 2. The fourth-order valence-corrected chi connectivity index (χ4v) is 2.97. The van der Waals surface area contributed by atoms with Gasteiger partial charge in [-0.25, -0.2) is 0 Å². The van der Waals surface area contributed by atoms with Gasteiger partial charge in [-0.2, -0.15) is 5.10 Å². The predicted octanol–water partition coefficient (Wildman–Crippen LogP) is 2.74. The van der Waals surface area contributed by atoms with Crippen molar-refractivity contribution in [2.24, 2.45) is 5.73 Å². The highest BCUT2D eigenvalue weighted by molar-refractivity contribution is 6.18. The van der Waals surface area contributed by atoms with Crippen LogP contribution >= 0.6 is 0 Å². The van der Waals surface area contributed by atoms with Gasteiger partial charge in [0.2, 0.25) is 0 Å². The molecule has 0 unspecified atom stereocenters. The molecule has 25 heavy (non-hydrogen) atoms. The average molecular weight is 341 g/mol. The number of nitrogens with two attached hydrogens (primary N) is 1. The van der Waals surface area contributed by atoms with Crippen LogP contribution in [0.25, 0.3) is 0 Å².